The van der Waals surface area contributed by atoms with E-state index in [4.69, 9.17) is 5.73 Å². The van der Waals surface area contributed by atoms with Crippen LogP contribution in [0.1, 0.15) is 19.3 Å². The van der Waals surface area contributed by atoms with Gasteiger partial charge in [0.1, 0.15) is 0 Å². The highest BCUT2D eigenvalue weighted by Gasteiger charge is 2.17. The second-order valence-electron chi connectivity index (χ2n) is 5.97. The third kappa shape index (κ3) is 3.19. The van der Waals surface area contributed by atoms with Crippen molar-refractivity contribution in [2.45, 2.75) is 25.8 Å². The lowest BCUT2D eigenvalue weighted by Gasteiger charge is -2.31. The molecule has 2 heterocycles. The first-order valence-electron chi connectivity index (χ1n) is 7.88. The number of benzene rings is 1. The Morgan fingerprint density at radius 1 is 1.19 bits per heavy atom. The second kappa shape index (κ2) is 6.45. The van der Waals surface area contributed by atoms with Gasteiger partial charge in [0, 0.05) is 6.54 Å². The fraction of sp³-hybridized carbons (Fsp3) is 0.562. The Hall–Kier alpha value is -1.59. The van der Waals surface area contributed by atoms with Crippen molar-refractivity contribution >= 4 is 11.0 Å². The Bertz CT molecular complexity index is 637. The highest BCUT2D eigenvalue weighted by Crippen LogP contribution is 2.16. The zero-order valence-electron chi connectivity index (χ0n) is 12.4. The molecule has 1 aromatic heterocycles. The normalized spacial score (nSPS) is 17.6. The van der Waals surface area contributed by atoms with Crippen LogP contribution >= 0.6 is 0 Å². The minimum Gasteiger partial charge on any atom is -0.330 e. The van der Waals surface area contributed by atoms with E-state index in [1.54, 1.807) is 0 Å². The second-order valence-corrected chi connectivity index (χ2v) is 5.97. The summed E-state index contributed by atoms with van der Waals surface area (Å²) in [5.74, 6) is 0.706. The van der Waals surface area contributed by atoms with Crippen LogP contribution in [-0.4, -0.2) is 40.6 Å². The fourth-order valence-corrected chi connectivity index (χ4v) is 3.23. The lowest BCUT2D eigenvalue weighted by Crippen LogP contribution is -2.37. The molecule has 0 saturated carbocycles. The maximum Gasteiger partial charge on any atom is 0.326 e. The molecule has 0 radical (unpaired) electrons. The predicted molar refractivity (Wildman–Crippen MR) is 85.4 cm³/mol. The topological polar surface area (TPSA) is 67.0 Å². The molecular formula is C16H24N4O. The molecule has 0 aliphatic carbocycles. The number of aromatic amines is 1. The van der Waals surface area contributed by atoms with Gasteiger partial charge in [0.25, 0.3) is 0 Å². The van der Waals surface area contributed by atoms with Gasteiger partial charge in [-0.25, -0.2) is 4.79 Å². The zero-order chi connectivity index (χ0) is 14.7. The number of rotatable bonds is 5. The van der Waals surface area contributed by atoms with E-state index in [0.29, 0.717) is 5.92 Å². The molecule has 21 heavy (non-hydrogen) atoms. The summed E-state index contributed by atoms with van der Waals surface area (Å²) in [6.45, 7) is 4.94. The number of hydrogen-bond donors (Lipinski definition) is 2. The van der Waals surface area contributed by atoms with Gasteiger partial charge in [0.05, 0.1) is 11.0 Å². The summed E-state index contributed by atoms with van der Waals surface area (Å²) in [6, 6.07) is 7.87. The van der Waals surface area contributed by atoms with E-state index in [2.05, 4.69) is 9.88 Å². The van der Waals surface area contributed by atoms with Crippen molar-refractivity contribution in [2.24, 2.45) is 11.7 Å². The molecule has 3 rings (SSSR count). The van der Waals surface area contributed by atoms with Crippen LogP contribution in [0.15, 0.2) is 29.1 Å². The number of nitrogens with two attached hydrogens (primary N) is 1. The summed E-state index contributed by atoms with van der Waals surface area (Å²) in [7, 11) is 0. The number of aromatic nitrogens is 2. The highest BCUT2D eigenvalue weighted by molar-refractivity contribution is 5.74. The van der Waals surface area contributed by atoms with Gasteiger partial charge in [-0.15, -0.1) is 0 Å². The largest absolute Gasteiger partial charge is 0.330 e. The van der Waals surface area contributed by atoms with Crippen LogP contribution in [0.25, 0.3) is 11.0 Å². The zero-order valence-corrected chi connectivity index (χ0v) is 12.4. The Labute approximate surface area is 124 Å². The molecule has 0 atom stereocenters. The molecule has 1 aliphatic rings. The van der Waals surface area contributed by atoms with Crippen LogP contribution in [0.3, 0.4) is 0 Å². The molecule has 3 N–H and O–H groups in total. The predicted octanol–water partition coefficient (Wildman–Crippen LogP) is 1.39. The number of fused-ring (bicyclic) bond motifs is 1. The molecule has 0 amide bonds. The summed E-state index contributed by atoms with van der Waals surface area (Å²) in [5, 5.41) is 0. The van der Waals surface area contributed by atoms with E-state index in [0.717, 1.165) is 50.2 Å². The summed E-state index contributed by atoms with van der Waals surface area (Å²) in [4.78, 5) is 17.4. The quantitative estimate of drug-likeness (QED) is 0.873. The standard InChI is InChI=1S/C16H24N4O/c17-12-13-6-10-19(11-7-13)8-3-9-20-15-5-2-1-4-14(15)18-16(20)21/h1-2,4-5,13H,3,6-12,17H2,(H,18,21). The number of aryl methyl sites for hydroxylation is 1. The molecule has 0 bridgehead atoms. The summed E-state index contributed by atoms with van der Waals surface area (Å²) in [5.41, 5.74) is 7.65. The summed E-state index contributed by atoms with van der Waals surface area (Å²) < 4.78 is 1.85. The van der Waals surface area contributed by atoms with Gasteiger partial charge in [-0.2, -0.15) is 0 Å². The van der Waals surface area contributed by atoms with Crippen LogP contribution < -0.4 is 11.4 Å². The van der Waals surface area contributed by atoms with Crippen LogP contribution in [0.4, 0.5) is 0 Å². The van der Waals surface area contributed by atoms with Crippen LogP contribution in [0, 0.1) is 5.92 Å². The van der Waals surface area contributed by atoms with E-state index >= 15 is 0 Å². The molecule has 1 aliphatic heterocycles. The van der Waals surface area contributed by atoms with E-state index in [1.165, 1.54) is 12.8 Å². The van der Waals surface area contributed by atoms with Crippen molar-refractivity contribution in [3.63, 3.8) is 0 Å². The maximum atomic E-state index is 12.0. The Balaban J connectivity index is 1.55. The average Bonchev–Trinajstić information content (AvgIpc) is 2.84. The molecule has 1 fully saturated rings. The van der Waals surface area contributed by atoms with E-state index in [-0.39, 0.29) is 5.69 Å². The molecule has 5 nitrogen and oxygen atoms in total. The van der Waals surface area contributed by atoms with Crippen molar-refractivity contribution in [1.82, 2.24) is 14.5 Å². The van der Waals surface area contributed by atoms with Gasteiger partial charge < -0.3 is 15.6 Å². The number of imidazole rings is 1. The summed E-state index contributed by atoms with van der Waals surface area (Å²) >= 11 is 0. The van der Waals surface area contributed by atoms with Crippen LogP contribution in [-0.2, 0) is 6.54 Å². The number of H-pyrrole nitrogens is 1. The Morgan fingerprint density at radius 2 is 1.95 bits per heavy atom. The number of piperidine rings is 1. The first-order chi connectivity index (χ1) is 10.3. The van der Waals surface area contributed by atoms with Crippen LogP contribution in [0.2, 0.25) is 0 Å². The van der Waals surface area contributed by atoms with E-state index in [9.17, 15) is 4.79 Å². The van der Waals surface area contributed by atoms with Gasteiger partial charge in [-0.3, -0.25) is 4.57 Å². The van der Waals surface area contributed by atoms with Gasteiger partial charge >= 0.3 is 5.69 Å². The van der Waals surface area contributed by atoms with Gasteiger partial charge in [0.15, 0.2) is 0 Å². The number of likely N-dealkylation sites (tertiary alicyclic amines) is 1. The van der Waals surface area contributed by atoms with Gasteiger partial charge in [-0.1, -0.05) is 12.1 Å². The first kappa shape index (κ1) is 14.4. The van der Waals surface area contributed by atoms with Gasteiger partial charge in [0.2, 0.25) is 0 Å². The summed E-state index contributed by atoms with van der Waals surface area (Å²) in [6.07, 6.45) is 3.43. The molecule has 5 heteroatoms. The lowest BCUT2D eigenvalue weighted by atomic mass is 9.97. The van der Waals surface area contributed by atoms with E-state index < -0.39 is 0 Å². The Morgan fingerprint density at radius 3 is 2.71 bits per heavy atom. The monoisotopic (exact) mass is 288 g/mol. The smallest absolute Gasteiger partial charge is 0.326 e. The molecule has 1 aromatic carbocycles. The lowest BCUT2D eigenvalue weighted by molar-refractivity contribution is 0.183. The van der Waals surface area contributed by atoms with Crippen molar-refractivity contribution in [3.05, 3.63) is 34.7 Å². The molecule has 1 saturated heterocycles. The fourth-order valence-electron chi connectivity index (χ4n) is 3.23. The van der Waals surface area contributed by atoms with Crippen molar-refractivity contribution < 1.29 is 0 Å². The number of nitrogens with one attached hydrogen (secondary N) is 1. The number of nitrogens with zero attached hydrogens (tertiary/aromatic N) is 2. The first-order valence-corrected chi connectivity index (χ1v) is 7.88. The van der Waals surface area contributed by atoms with Crippen LogP contribution in [0.5, 0.6) is 0 Å². The van der Waals surface area contributed by atoms with Gasteiger partial charge in [-0.05, 0) is 63.5 Å². The maximum absolute atomic E-state index is 12.0. The third-order valence-electron chi connectivity index (χ3n) is 4.58. The Kier molecular flexibility index (Phi) is 4.41. The third-order valence-corrected chi connectivity index (χ3v) is 4.58. The molecule has 114 valence electrons. The highest BCUT2D eigenvalue weighted by atomic mass is 16.1. The number of hydrogen-bond acceptors (Lipinski definition) is 3. The SMILES string of the molecule is NCC1CCN(CCCn2c(=O)[nH]c3ccccc32)CC1. The minimum atomic E-state index is -0.00181. The molecular weight excluding hydrogens is 264 g/mol. The minimum absolute atomic E-state index is 0.00181. The molecule has 2 aromatic rings. The number of para-hydroxylation sites is 2. The van der Waals surface area contributed by atoms with Crippen molar-refractivity contribution in [2.75, 3.05) is 26.2 Å². The van der Waals surface area contributed by atoms with Crippen molar-refractivity contribution in [3.8, 4) is 0 Å². The van der Waals surface area contributed by atoms with Crippen molar-refractivity contribution in [1.29, 1.82) is 0 Å². The molecule has 0 spiro atoms. The molecule has 0 unspecified atom stereocenters. The van der Waals surface area contributed by atoms with E-state index in [1.807, 2.05) is 28.8 Å². The average molecular weight is 288 g/mol.